The number of nitrogens with one attached hydrogen (secondary N) is 1. The minimum Gasteiger partial charge on any atom is -0.310 e. The maximum Gasteiger partial charge on any atom is 0.0325 e. The second-order valence-electron chi connectivity index (χ2n) is 5.47. The van der Waals surface area contributed by atoms with Crippen molar-refractivity contribution in [2.24, 2.45) is 5.92 Å². The molecule has 1 nitrogen and oxygen atoms in total. The Kier molecular flexibility index (Phi) is 4.22. The molecule has 17 heavy (non-hydrogen) atoms. The zero-order valence-corrected chi connectivity index (χ0v) is 11.4. The number of benzene rings is 1. The fourth-order valence-electron chi connectivity index (χ4n) is 2.48. The predicted octanol–water partition coefficient (Wildman–Crippen LogP) is 4.14. The van der Waals surface area contributed by atoms with Gasteiger partial charge in [-0.05, 0) is 55.8 Å². The highest BCUT2D eigenvalue weighted by atomic mass is 14.9. The number of aryl methyl sites for hydroxylation is 1. The molecule has 94 valence electrons. The summed E-state index contributed by atoms with van der Waals surface area (Å²) in [5.41, 5.74) is 4.41. The van der Waals surface area contributed by atoms with Crippen LogP contribution in [0.1, 0.15) is 55.3 Å². The summed E-state index contributed by atoms with van der Waals surface area (Å²) in [7, 11) is 0. The van der Waals surface area contributed by atoms with Crippen molar-refractivity contribution in [3.8, 4) is 0 Å². The topological polar surface area (TPSA) is 12.0 Å². The van der Waals surface area contributed by atoms with Crippen LogP contribution in [0.25, 0.3) is 0 Å². The van der Waals surface area contributed by atoms with Crippen molar-refractivity contribution in [3.63, 3.8) is 0 Å². The summed E-state index contributed by atoms with van der Waals surface area (Å²) >= 11 is 0. The van der Waals surface area contributed by atoms with Crippen molar-refractivity contribution in [1.29, 1.82) is 0 Å². The lowest BCUT2D eigenvalue weighted by Crippen LogP contribution is -2.23. The Morgan fingerprint density at radius 3 is 2.71 bits per heavy atom. The molecule has 2 rings (SSSR count). The Labute approximate surface area is 106 Å². The summed E-state index contributed by atoms with van der Waals surface area (Å²) in [5.74, 6) is 0.976. The number of hydrogen-bond acceptors (Lipinski definition) is 1. The quantitative estimate of drug-likeness (QED) is 0.775. The third-order valence-corrected chi connectivity index (χ3v) is 3.93. The van der Waals surface area contributed by atoms with E-state index >= 15 is 0 Å². The lowest BCUT2D eigenvalue weighted by atomic mass is 9.94. The summed E-state index contributed by atoms with van der Waals surface area (Å²) in [4.78, 5) is 0. The van der Waals surface area contributed by atoms with E-state index in [1.165, 1.54) is 42.4 Å². The van der Waals surface area contributed by atoms with Gasteiger partial charge in [0, 0.05) is 6.04 Å². The second-order valence-corrected chi connectivity index (χ2v) is 5.47. The first-order chi connectivity index (χ1) is 8.22. The van der Waals surface area contributed by atoms with Gasteiger partial charge in [-0.1, -0.05) is 38.0 Å². The Morgan fingerprint density at radius 2 is 2.06 bits per heavy atom. The average Bonchev–Trinajstić information content (AvgIpc) is 3.12. The van der Waals surface area contributed by atoms with Gasteiger partial charge in [0.1, 0.15) is 0 Å². The zero-order valence-electron chi connectivity index (χ0n) is 11.4. The molecule has 1 aromatic carbocycles. The van der Waals surface area contributed by atoms with Gasteiger partial charge in [0.05, 0.1) is 0 Å². The van der Waals surface area contributed by atoms with Crippen LogP contribution in [-0.2, 0) is 0 Å². The highest BCUT2D eigenvalue weighted by Crippen LogP contribution is 2.38. The maximum absolute atomic E-state index is 3.73. The van der Waals surface area contributed by atoms with Gasteiger partial charge in [0.2, 0.25) is 0 Å². The van der Waals surface area contributed by atoms with Gasteiger partial charge in [-0.2, -0.15) is 0 Å². The van der Waals surface area contributed by atoms with Crippen LogP contribution in [0, 0.1) is 19.8 Å². The van der Waals surface area contributed by atoms with Crippen molar-refractivity contribution < 1.29 is 0 Å². The zero-order chi connectivity index (χ0) is 12.3. The first kappa shape index (κ1) is 12.6. The van der Waals surface area contributed by atoms with Gasteiger partial charge in [-0.15, -0.1) is 0 Å². The molecule has 1 saturated carbocycles. The molecule has 1 fully saturated rings. The molecule has 0 radical (unpaired) electrons. The van der Waals surface area contributed by atoms with E-state index < -0.39 is 0 Å². The third-order valence-electron chi connectivity index (χ3n) is 3.93. The highest BCUT2D eigenvalue weighted by Gasteiger charge is 2.26. The minimum atomic E-state index is 0.572. The molecule has 1 heteroatoms. The standard InChI is InChI=1S/C16H25N/c1-4-10-17-16(11-14-8-9-14)15-7-5-6-12(2)13(15)3/h5-7,14,16-17H,4,8-11H2,1-3H3. The SMILES string of the molecule is CCCNC(CC1CC1)c1cccc(C)c1C. The van der Waals surface area contributed by atoms with Crippen LogP contribution in [0.3, 0.4) is 0 Å². The molecule has 0 saturated heterocycles. The van der Waals surface area contributed by atoms with Crippen LogP contribution >= 0.6 is 0 Å². The van der Waals surface area contributed by atoms with E-state index in [1.54, 1.807) is 0 Å². The Balaban J connectivity index is 2.14. The molecule has 1 aliphatic rings. The van der Waals surface area contributed by atoms with E-state index in [0.717, 1.165) is 12.5 Å². The number of rotatable bonds is 6. The molecule has 1 unspecified atom stereocenters. The molecule has 0 aliphatic heterocycles. The van der Waals surface area contributed by atoms with Crippen molar-refractivity contribution in [2.75, 3.05) is 6.54 Å². The maximum atomic E-state index is 3.73. The van der Waals surface area contributed by atoms with E-state index in [1.807, 2.05) is 0 Å². The van der Waals surface area contributed by atoms with Gasteiger partial charge in [-0.25, -0.2) is 0 Å². The summed E-state index contributed by atoms with van der Waals surface area (Å²) in [5, 5.41) is 3.73. The molecule has 0 bridgehead atoms. The summed E-state index contributed by atoms with van der Waals surface area (Å²) in [6, 6.07) is 7.29. The normalized spacial score (nSPS) is 17.1. The van der Waals surface area contributed by atoms with Crippen LogP contribution in [0.15, 0.2) is 18.2 Å². The Morgan fingerprint density at radius 1 is 1.29 bits per heavy atom. The first-order valence-corrected chi connectivity index (χ1v) is 7.02. The van der Waals surface area contributed by atoms with E-state index in [9.17, 15) is 0 Å². The predicted molar refractivity (Wildman–Crippen MR) is 74.3 cm³/mol. The van der Waals surface area contributed by atoms with Crippen molar-refractivity contribution in [3.05, 3.63) is 34.9 Å². The molecule has 0 spiro atoms. The molecular weight excluding hydrogens is 206 g/mol. The van der Waals surface area contributed by atoms with Crippen molar-refractivity contribution in [1.82, 2.24) is 5.32 Å². The molecule has 1 aromatic rings. The van der Waals surface area contributed by atoms with Crippen LogP contribution in [0.4, 0.5) is 0 Å². The van der Waals surface area contributed by atoms with Gasteiger partial charge >= 0.3 is 0 Å². The van der Waals surface area contributed by atoms with E-state index in [4.69, 9.17) is 0 Å². The van der Waals surface area contributed by atoms with E-state index in [-0.39, 0.29) is 0 Å². The third kappa shape index (κ3) is 3.32. The smallest absolute Gasteiger partial charge is 0.0325 e. The van der Waals surface area contributed by atoms with Crippen LogP contribution in [-0.4, -0.2) is 6.54 Å². The fraction of sp³-hybridized carbons (Fsp3) is 0.625. The van der Waals surface area contributed by atoms with Gasteiger partial charge < -0.3 is 5.32 Å². The summed E-state index contributed by atoms with van der Waals surface area (Å²) in [6.45, 7) is 7.85. The van der Waals surface area contributed by atoms with Crippen LogP contribution in [0.5, 0.6) is 0 Å². The lowest BCUT2D eigenvalue weighted by molar-refractivity contribution is 0.472. The van der Waals surface area contributed by atoms with Crippen molar-refractivity contribution in [2.45, 2.75) is 52.5 Å². The van der Waals surface area contributed by atoms with Gasteiger partial charge in [0.25, 0.3) is 0 Å². The molecule has 0 aromatic heterocycles. The average molecular weight is 231 g/mol. The lowest BCUT2D eigenvalue weighted by Gasteiger charge is -2.21. The van der Waals surface area contributed by atoms with Crippen molar-refractivity contribution >= 4 is 0 Å². The summed E-state index contributed by atoms with van der Waals surface area (Å²) in [6.07, 6.45) is 5.42. The molecule has 1 atom stereocenters. The van der Waals surface area contributed by atoms with Crippen LogP contribution < -0.4 is 5.32 Å². The summed E-state index contributed by atoms with van der Waals surface area (Å²) < 4.78 is 0. The monoisotopic (exact) mass is 231 g/mol. The van der Waals surface area contributed by atoms with Crippen LogP contribution in [0.2, 0.25) is 0 Å². The highest BCUT2D eigenvalue weighted by molar-refractivity contribution is 5.35. The molecule has 0 amide bonds. The Bertz CT molecular complexity index is 366. The largest absolute Gasteiger partial charge is 0.310 e. The first-order valence-electron chi connectivity index (χ1n) is 7.02. The molecular formula is C16H25N. The molecule has 1 aliphatic carbocycles. The molecule has 1 N–H and O–H groups in total. The number of hydrogen-bond donors (Lipinski definition) is 1. The van der Waals surface area contributed by atoms with E-state index in [2.05, 4.69) is 44.3 Å². The fourth-order valence-corrected chi connectivity index (χ4v) is 2.48. The molecule has 0 heterocycles. The Hall–Kier alpha value is -0.820. The minimum absolute atomic E-state index is 0.572. The van der Waals surface area contributed by atoms with Gasteiger partial charge in [-0.3, -0.25) is 0 Å². The van der Waals surface area contributed by atoms with E-state index in [0.29, 0.717) is 6.04 Å². The second kappa shape index (κ2) is 5.68. The van der Waals surface area contributed by atoms with Gasteiger partial charge in [0.15, 0.2) is 0 Å².